The van der Waals surface area contributed by atoms with Crippen molar-refractivity contribution in [2.75, 3.05) is 7.05 Å². The van der Waals surface area contributed by atoms with Gasteiger partial charge in [-0.05, 0) is 19.4 Å². The summed E-state index contributed by atoms with van der Waals surface area (Å²) in [5, 5.41) is 18.0. The fourth-order valence-electron chi connectivity index (χ4n) is 2.28. The second-order valence-electron chi connectivity index (χ2n) is 5.26. The van der Waals surface area contributed by atoms with E-state index in [2.05, 4.69) is 0 Å². The van der Waals surface area contributed by atoms with Crippen LogP contribution in [0.25, 0.3) is 0 Å². The number of carbonyl (C=O) groups is 2. The van der Waals surface area contributed by atoms with Gasteiger partial charge in [-0.25, -0.2) is 4.79 Å². The van der Waals surface area contributed by atoms with Crippen LogP contribution in [0.1, 0.15) is 27.2 Å². The zero-order valence-corrected chi connectivity index (χ0v) is 10.4. The molecule has 0 heterocycles. The molecule has 0 bridgehead atoms. The largest absolute Gasteiger partial charge is 0.465 e. The number of ketones is 1. The molecule has 1 N–H and O–H groups in total. The number of nitrogens with zero attached hydrogens (tertiary/aromatic N) is 2. The molecule has 5 heteroatoms. The number of hydrogen-bond acceptors (Lipinski definition) is 3. The molecule has 0 saturated heterocycles. The first-order valence-electron chi connectivity index (χ1n) is 5.28. The van der Waals surface area contributed by atoms with Crippen LogP contribution in [0, 0.1) is 16.7 Å². The number of likely N-dealkylation sites (N-methyl/N-ethyl adjacent to an activating group) is 1. The average molecular weight is 236 g/mol. The minimum Gasteiger partial charge on any atom is -0.465 e. The summed E-state index contributed by atoms with van der Waals surface area (Å²) in [7, 11) is 1.44. The Kier molecular flexibility index (Phi) is 3.02. The molecule has 0 aromatic carbocycles. The van der Waals surface area contributed by atoms with E-state index in [0.29, 0.717) is 6.42 Å². The normalized spacial score (nSPS) is 27.0. The summed E-state index contributed by atoms with van der Waals surface area (Å²) < 4.78 is 0. The van der Waals surface area contributed by atoms with Crippen LogP contribution >= 0.6 is 0 Å². The van der Waals surface area contributed by atoms with Crippen molar-refractivity contribution in [3.63, 3.8) is 0 Å². The Morgan fingerprint density at radius 1 is 1.53 bits per heavy atom. The number of carboxylic acid groups (broad SMARTS) is 1. The first-order chi connectivity index (χ1) is 7.64. The van der Waals surface area contributed by atoms with Gasteiger partial charge in [0.05, 0.1) is 11.1 Å². The molecule has 0 fully saturated rings. The van der Waals surface area contributed by atoms with Gasteiger partial charge in [-0.1, -0.05) is 13.8 Å². The highest BCUT2D eigenvalue weighted by atomic mass is 16.4. The number of carbonyl (C=O) groups excluding carboxylic acids is 1. The highest BCUT2D eigenvalue weighted by Gasteiger charge is 2.45. The van der Waals surface area contributed by atoms with Gasteiger partial charge in [0.2, 0.25) is 0 Å². The Hall–Kier alpha value is -1.83. The Balaban J connectivity index is 3.30. The van der Waals surface area contributed by atoms with Crippen LogP contribution in [0.4, 0.5) is 4.79 Å². The molecule has 92 valence electrons. The van der Waals surface area contributed by atoms with Crippen molar-refractivity contribution in [3.8, 4) is 6.07 Å². The Labute approximate surface area is 100 Å². The summed E-state index contributed by atoms with van der Waals surface area (Å²) in [6, 6.07) is 1.85. The van der Waals surface area contributed by atoms with E-state index >= 15 is 0 Å². The third-order valence-corrected chi connectivity index (χ3v) is 3.29. The summed E-state index contributed by atoms with van der Waals surface area (Å²) in [4.78, 5) is 24.1. The van der Waals surface area contributed by atoms with Crippen LogP contribution in [-0.2, 0) is 4.79 Å². The van der Waals surface area contributed by atoms with Crippen molar-refractivity contribution in [1.29, 1.82) is 5.26 Å². The van der Waals surface area contributed by atoms with Gasteiger partial charge in [0.15, 0.2) is 5.78 Å². The maximum Gasteiger partial charge on any atom is 0.407 e. The van der Waals surface area contributed by atoms with Crippen LogP contribution in [0.2, 0.25) is 0 Å². The topological polar surface area (TPSA) is 81.4 Å². The zero-order valence-electron chi connectivity index (χ0n) is 10.4. The highest BCUT2D eigenvalue weighted by Crippen LogP contribution is 2.40. The van der Waals surface area contributed by atoms with Crippen LogP contribution < -0.4 is 0 Å². The Bertz CT molecular complexity index is 445. The summed E-state index contributed by atoms with van der Waals surface area (Å²) in [5.74, 6) is -0.226. The van der Waals surface area contributed by atoms with E-state index in [1.165, 1.54) is 13.1 Å². The van der Waals surface area contributed by atoms with Crippen molar-refractivity contribution < 1.29 is 14.7 Å². The van der Waals surface area contributed by atoms with Crippen molar-refractivity contribution in [1.82, 2.24) is 4.90 Å². The molecule has 1 unspecified atom stereocenters. The third kappa shape index (κ3) is 2.16. The van der Waals surface area contributed by atoms with Gasteiger partial charge >= 0.3 is 6.09 Å². The van der Waals surface area contributed by atoms with Crippen LogP contribution in [0.5, 0.6) is 0 Å². The molecule has 1 rings (SSSR count). The number of Topliss-reactive ketones (excluding diaryl/α,β-unsaturated/α-hetero) is 1. The van der Waals surface area contributed by atoms with Gasteiger partial charge in [-0.15, -0.1) is 0 Å². The monoisotopic (exact) mass is 236 g/mol. The van der Waals surface area contributed by atoms with Crippen molar-refractivity contribution in [2.24, 2.45) is 5.41 Å². The molecule has 0 aromatic rings. The minimum atomic E-state index is -1.08. The lowest BCUT2D eigenvalue weighted by molar-refractivity contribution is -0.125. The molecule has 1 amide bonds. The van der Waals surface area contributed by atoms with Crippen molar-refractivity contribution in [2.45, 2.75) is 32.7 Å². The van der Waals surface area contributed by atoms with E-state index < -0.39 is 17.0 Å². The molecule has 17 heavy (non-hydrogen) atoms. The molecule has 0 spiro atoms. The number of amides is 1. The fraction of sp³-hybridized carbons (Fsp3) is 0.583. The standard InChI is InChI=1S/C12H16N2O3/c1-11(2)7-12(3,14(4)10(16)17)5-8(6-13)9(11)15/h5H,7H2,1-4H3,(H,16,17). The number of nitriles is 1. The van der Waals surface area contributed by atoms with Crippen LogP contribution in [-0.4, -0.2) is 34.5 Å². The van der Waals surface area contributed by atoms with Crippen molar-refractivity contribution >= 4 is 11.9 Å². The van der Waals surface area contributed by atoms with E-state index in [9.17, 15) is 9.59 Å². The average Bonchev–Trinajstić information content (AvgIpc) is 2.21. The van der Waals surface area contributed by atoms with Gasteiger partial charge < -0.3 is 10.0 Å². The first-order valence-corrected chi connectivity index (χ1v) is 5.28. The lowest BCUT2D eigenvalue weighted by Gasteiger charge is -2.43. The van der Waals surface area contributed by atoms with Gasteiger partial charge in [-0.3, -0.25) is 4.79 Å². The summed E-state index contributed by atoms with van der Waals surface area (Å²) in [6.45, 7) is 5.17. The van der Waals surface area contributed by atoms with Gasteiger partial charge in [0.1, 0.15) is 6.07 Å². The Morgan fingerprint density at radius 3 is 2.47 bits per heavy atom. The lowest BCUT2D eigenvalue weighted by Crippen LogP contribution is -2.52. The molecule has 0 radical (unpaired) electrons. The summed E-state index contributed by atoms with van der Waals surface area (Å²) >= 11 is 0. The van der Waals surface area contributed by atoms with Gasteiger partial charge in [0, 0.05) is 12.5 Å². The predicted molar refractivity (Wildman–Crippen MR) is 61.3 cm³/mol. The minimum absolute atomic E-state index is 0.0388. The second-order valence-corrected chi connectivity index (χ2v) is 5.26. The molecule has 0 aromatic heterocycles. The van der Waals surface area contributed by atoms with Crippen LogP contribution in [0.15, 0.2) is 11.6 Å². The van der Waals surface area contributed by atoms with E-state index in [4.69, 9.17) is 10.4 Å². The molecule has 1 atom stereocenters. The summed E-state index contributed by atoms with van der Waals surface area (Å²) in [5.41, 5.74) is -1.51. The Morgan fingerprint density at radius 2 is 2.06 bits per heavy atom. The SMILES string of the molecule is CN(C(=O)O)C1(C)C=C(C#N)C(=O)C(C)(C)C1. The number of rotatable bonds is 1. The quantitative estimate of drug-likeness (QED) is 0.752. The molecule has 0 saturated carbocycles. The number of allylic oxidation sites excluding steroid dienone is 1. The highest BCUT2D eigenvalue weighted by molar-refractivity contribution is 6.04. The maximum absolute atomic E-state index is 11.9. The third-order valence-electron chi connectivity index (χ3n) is 3.29. The van der Waals surface area contributed by atoms with E-state index in [1.54, 1.807) is 20.8 Å². The maximum atomic E-state index is 11.9. The molecule has 0 aliphatic heterocycles. The lowest BCUT2D eigenvalue weighted by atomic mass is 9.68. The van der Waals surface area contributed by atoms with E-state index in [1.807, 2.05) is 6.07 Å². The smallest absolute Gasteiger partial charge is 0.407 e. The second kappa shape index (κ2) is 3.88. The van der Waals surface area contributed by atoms with E-state index in [0.717, 1.165) is 4.90 Å². The molecule has 5 nitrogen and oxygen atoms in total. The summed E-state index contributed by atoms with van der Waals surface area (Å²) in [6.07, 6.45) is 0.743. The van der Waals surface area contributed by atoms with Crippen molar-refractivity contribution in [3.05, 3.63) is 11.6 Å². The first kappa shape index (κ1) is 13.2. The van der Waals surface area contributed by atoms with Gasteiger partial charge in [0.25, 0.3) is 0 Å². The molecule has 1 aliphatic rings. The zero-order chi connectivity index (χ0) is 13.4. The van der Waals surface area contributed by atoms with Gasteiger partial charge in [-0.2, -0.15) is 5.26 Å². The fourth-order valence-corrected chi connectivity index (χ4v) is 2.28. The molecular weight excluding hydrogens is 220 g/mol. The van der Waals surface area contributed by atoms with E-state index in [-0.39, 0.29) is 11.4 Å². The molecular formula is C12H16N2O3. The predicted octanol–water partition coefficient (Wildman–Crippen LogP) is 1.80. The van der Waals surface area contributed by atoms with Crippen LogP contribution in [0.3, 0.4) is 0 Å². The molecule has 1 aliphatic carbocycles. The number of hydrogen-bond donors (Lipinski definition) is 1.